The molecule has 4 rings (SSSR count). The summed E-state index contributed by atoms with van der Waals surface area (Å²) < 4.78 is 38.8. The fourth-order valence-corrected chi connectivity index (χ4v) is 3.34. The van der Waals surface area contributed by atoms with Crippen LogP contribution in [-0.2, 0) is 22.6 Å². The molecule has 2 aliphatic rings. The molecule has 1 fully saturated rings. The molecular weight excluding hydrogens is 392 g/mol. The molecule has 0 atom stereocenters. The fraction of sp³-hybridized carbons (Fsp3) is 0.300. The van der Waals surface area contributed by atoms with Crippen LogP contribution in [0.1, 0.15) is 21.5 Å². The van der Waals surface area contributed by atoms with E-state index in [4.69, 9.17) is 21.1 Å². The second kappa shape index (κ2) is 7.48. The number of hydrogen-bond acceptors (Lipinski definition) is 4. The summed E-state index contributed by atoms with van der Waals surface area (Å²) in [6, 6.07) is 6.86. The summed E-state index contributed by atoms with van der Waals surface area (Å²) in [7, 11) is 0. The molecule has 2 aromatic rings. The molecule has 0 bridgehead atoms. The number of carbonyl (C=O) groups excluding carboxylic acids is 2. The highest BCUT2D eigenvalue weighted by molar-refractivity contribution is 6.30. The first-order valence-electron chi connectivity index (χ1n) is 8.72. The van der Waals surface area contributed by atoms with Crippen LogP contribution in [0.3, 0.4) is 0 Å². The predicted molar refractivity (Wildman–Crippen MR) is 96.5 cm³/mol. The average molecular weight is 408 g/mol. The minimum Gasteiger partial charge on any atom is -0.485 e. The molecule has 0 aliphatic carbocycles. The number of benzene rings is 2. The highest BCUT2D eigenvalue weighted by Crippen LogP contribution is 2.28. The van der Waals surface area contributed by atoms with Gasteiger partial charge in [-0.15, -0.1) is 0 Å². The first-order valence-corrected chi connectivity index (χ1v) is 9.10. The molecule has 146 valence electrons. The van der Waals surface area contributed by atoms with Gasteiger partial charge in [-0.3, -0.25) is 9.59 Å². The van der Waals surface area contributed by atoms with E-state index >= 15 is 0 Å². The number of rotatable bonds is 4. The monoisotopic (exact) mass is 407 g/mol. The van der Waals surface area contributed by atoms with E-state index in [0.717, 1.165) is 6.07 Å². The number of amides is 1. The number of ketones is 1. The number of Topliss-reactive ketones (excluding diaryl/α,β-unsaturated/α-hetero) is 1. The van der Waals surface area contributed by atoms with Gasteiger partial charge in [0.2, 0.25) is 0 Å². The first kappa shape index (κ1) is 18.8. The summed E-state index contributed by atoms with van der Waals surface area (Å²) in [6.45, 7) is 0.529. The van der Waals surface area contributed by atoms with E-state index in [0.29, 0.717) is 21.9 Å². The van der Waals surface area contributed by atoms with Crippen LogP contribution in [0, 0.1) is 11.6 Å². The lowest BCUT2D eigenvalue weighted by Gasteiger charge is -2.39. The lowest BCUT2D eigenvalue weighted by atomic mass is 10.0. The molecule has 0 saturated carbocycles. The number of halogens is 3. The topological polar surface area (TPSA) is 55.8 Å². The van der Waals surface area contributed by atoms with Gasteiger partial charge in [-0.05, 0) is 18.2 Å². The second-order valence-electron chi connectivity index (χ2n) is 6.82. The maximum Gasteiger partial charge on any atom is 0.257 e. The van der Waals surface area contributed by atoms with Crippen LogP contribution < -0.4 is 4.74 Å². The van der Waals surface area contributed by atoms with Crippen molar-refractivity contribution in [3.8, 4) is 5.75 Å². The Kier molecular flexibility index (Phi) is 5.03. The zero-order chi connectivity index (χ0) is 19.8. The van der Waals surface area contributed by atoms with Crippen molar-refractivity contribution >= 4 is 23.3 Å². The summed E-state index contributed by atoms with van der Waals surface area (Å²) in [4.78, 5) is 25.5. The fourth-order valence-electron chi connectivity index (χ4n) is 3.18. The van der Waals surface area contributed by atoms with Crippen molar-refractivity contribution in [1.82, 2.24) is 4.90 Å². The van der Waals surface area contributed by atoms with Crippen molar-refractivity contribution < 1.29 is 27.8 Å². The van der Waals surface area contributed by atoms with E-state index in [1.54, 1.807) is 12.1 Å². The Bertz CT molecular complexity index is 959. The van der Waals surface area contributed by atoms with Crippen LogP contribution in [0.5, 0.6) is 5.75 Å². The van der Waals surface area contributed by atoms with Gasteiger partial charge in [0.25, 0.3) is 5.91 Å². The number of fused-ring (bicyclic) bond motifs is 1. The molecular formula is C20H16ClF2NO4. The molecule has 8 heteroatoms. The van der Waals surface area contributed by atoms with Crippen molar-refractivity contribution in [2.75, 3.05) is 19.7 Å². The van der Waals surface area contributed by atoms with E-state index in [2.05, 4.69) is 0 Å². The van der Waals surface area contributed by atoms with Gasteiger partial charge in [0.1, 0.15) is 24.0 Å². The molecule has 5 nitrogen and oxygen atoms in total. The molecule has 1 amide bonds. The molecule has 2 aromatic carbocycles. The van der Waals surface area contributed by atoms with Crippen LogP contribution in [0.2, 0.25) is 5.02 Å². The quantitative estimate of drug-likeness (QED) is 0.781. The Hall–Kier alpha value is -2.51. The van der Waals surface area contributed by atoms with E-state index in [9.17, 15) is 18.4 Å². The van der Waals surface area contributed by atoms with Gasteiger partial charge in [0, 0.05) is 41.7 Å². The number of hydrogen-bond donors (Lipinski definition) is 0. The third-order valence-electron chi connectivity index (χ3n) is 4.78. The normalized spacial score (nSPS) is 16.4. The number of likely N-dealkylation sites (tertiary alicyclic amines) is 1. The second-order valence-corrected chi connectivity index (χ2v) is 7.26. The van der Waals surface area contributed by atoms with Gasteiger partial charge in [-0.1, -0.05) is 17.7 Å². The lowest BCUT2D eigenvalue weighted by molar-refractivity contribution is -0.121. The Morgan fingerprint density at radius 3 is 2.75 bits per heavy atom. The minimum atomic E-state index is -0.689. The van der Waals surface area contributed by atoms with E-state index in [-0.39, 0.29) is 50.2 Å². The molecule has 28 heavy (non-hydrogen) atoms. The molecule has 0 radical (unpaired) electrons. The van der Waals surface area contributed by atoms with E-state index < -0.39 is 17.5 Å². The van der Waals surface area contributed by atoms with Crippen LogP contribution in [0.15, 0.2) is 30.3 Å². The Morgan fingerprint density at radius 2 is 2.00 bits per heavy atom. The molecule has 0 unspecified atom stereocenters. The van der Waals surface area contributed by atoms with Gasteiger partial charge in [0.05, 0.1) is 18.3 Å². The number of ether oxygens (including phenoxy) is 2. The lowest BCUT2D eigenvalue weighted by Crippen LogP contribution is -2.54. The smallest absolute Gasteiger partial charge is 0.257 e. The van der Waals surface area contributed by atoms with Crippen molar-refractivity contribution in [2.24, 2.45) is 0 Å². The van der Waals surface area contributed by atoms with Gasteiger partial charge in [0.15, 0.2) is 5.78 Å². The summed E-state index contributed by atoms with van der Waals surface area (Å²) in [5.74, 6) is -1.44. The van der Waals surface area contributed by atoms with Crippen LogP contribution in [0.4, 0.5) is 8.78 Å². The third kappa shape index (κ3) is 3.72. The molecule has 0 N–H and O–H groups in total. The standard InChI is InChI=1S/C20H16ClF2NO4/c21-13-2-1-11(17(22)5-13)9-27-15-7-24(8-15)20(26)16-4-12-3-14(25)10-28-19(12)6-18(16)23/h1-2,4-6,15H,3,7-10H2. The maximum atomic E-state index is 14.3. The van der Waals surface area contributed by atoms with Crippen LogP contribution in [0.25, 0.3) is 0 Å². The number of carbonyl (C=O) groups is 2. The Morgan fingerprint density at radius 1 is 1.21 bits per heavy atom. The molecule has 0 spiro atoms. The molecule has 2 aliphatic heterocycles. The SMILES string of the molecule is O=C1COc2cc(F)c(C(=O)N3CC(OCc4ccc(Cl)cc4F)C3)cc2C1. The zero-order valence-corrected chi connectivity index (χ0v) is 15.5. The largest absolute Gasteiger partial charge is 0.485 e. The van der Waals surface area contributed by atoms with Crippen LogP contribution in [-0.4, -0.2) is 42.4 Å². The summed E-state index contributed by atoms with van der Waals surface area (Å²) in [6.07, 6.45) is -0.140. The predicted octanol–water partition coefficient (Wildman–Crippen LogP) is 3.16. The highest BCUT2D eigenvalue weighted by Gasteiger charge is 2.34. The molecule has 1 saturated heterocycles. The summed E-state index contributed by atoms with van der Waals surface area (Å²) in [5, 5.41) is 0.306. The third-order valence-corrected chi connectivity index (χ3v) is 5.02. The average Bonchev–Trinajstić information content (AvgIpc) is 2.61. The highest BCUT2D eigenvalue weighted by atomic mass is 35.5. The van der Waals surface area contributed by atoms with Crippen molar-refractivity contribution in [3.05, 3.63) is 63.7 Å². The summed E-state index contributed by atoms with van der Waals surface area (Å²) in [5.41, 5.74) is 0.784. The van der Waals surface area contributed by atoms with Crippen molar-refractivity contribution in [1.29, 1.82) is 0 Å². The van der Waals surface area contributed by atoms with Gasteiger partial charge in [-0.25, -0.2) is 8.78 Å². The zero-order valence-electron chi connectivity index (χ0n) is 14.7. The maximum absolute atomic E-state index is 14.3. The minimum absolute atomic E-state index is 0.0579. The number of nitrogens with zero attached hydrogens (tertiary/aromatic N) is 1. The van der Waals surface area contributed by atoms with Gasteiger partial charge in [-0.2, -0.15) is 0 Å². The van der Waals surface area contributed by atoms with Gasteiger partial charge >= 0.3 is 0 Å². The first-order chi connectivity index (χ1) is 13.4. The summed E-state index contributed by atoms with van der Waals surface area (Å²) >= 11 is 5.71. The van der Waals surface area contributed by atoms with Crippen LogP contribution >= 0.6 is 11.6 Å². The Labute approximate surface area is 164 Å². The van der Waals surface area contributed by atoms with E-state index in [1.165, 1.54) is 17.0 Å². The molecule has 2 heterocycles. The molecule has 0 aromatic heterocycles. The van der Waals surface area contributed by atoms with Crippen molar-refractivity contribution in [2.45, 2.75) is 19.1 Å². The van der Waals surface area contributed by atoms with E-state index in [1.807, 2.05) is 0 Å². The van der Waals surface area contributed by atoms with Crippen molar-refractivity contribution in [3.63, 3.8) is 0 Å². The Balaban J connectivity index is 1.36. The van der Waals surface area contributed by atoms with Gasteiger partial charge < -0.3 is 14.4 Å².